The number of H-pyrrole nitrogens is 1. The molecule has 0 saturated heterocycles. The summed E-state index contributed by atoms with van der Waals surface area (Å²) in [5.74, 6) is 0.137. The smallest absolute Gasteiger partial charge is 0.227 e. The van der Waals surface area contributed by atoms with Gasteiger partial charge in [0.15, 0.2) is 0 Å². The zero-order chi connectivity index (χ0) is 19.3. The Bertz CT molecular complexity index is 1060. The van der Waals surface area contributed by atoms with Crippen LogP contribution >= 0.6 is 0 Å². The summed E-state index contributed by atoms with van der Waals surface area (Å²) in [6, 6.07) is 26.5. The third kappa shape index (κ3) is 3.99. The van der Waals surface area contributed by atoms with Crippen molar-refractivity contribution in [1.29, 1.82) is 0 Å². The number of fused-ring (bicyclic) bond motifs is 1. The summed E-state index contributed by atoms with van der Waals surface area (Å²) in [5.41, 5.74) is 5.56. The average molecular weight is 368 g/mol. The van der Waals surface area contributed by atoms with Crippen LogP contribution in [0, 0.1) is 6.92 Å². The first kappa shape index (κ1) is 18.1. The number of anilines is 1. The fourth-order valence-electron chi connectivity index (χ4n) is 3.53. The summed E-state index contributed by atoms with van der Waals surface area (Å²) >= 11 is 0. The van der Waals surface area contributed by atoms with Crippen LogP contribution in [0.3, 0.4) is 0 Å². The molecule has 0 spiro atoms. The lowest BCUT2D eigenvalue weighted by Gasteiger charge is -2.23. The largest absolute Gasteiger partial charge is 0.361 e. The van der Waals surface area contributed by atoms with Crippen LogP contribution in [0.5, 0.6) is 0 Å². The van der Waals surface area contributed by atoms with E-state index in [1.54, 1.807) is 0 Å². The Morgan fingerprint density at radius 2 is 1.61 bits per heavy atom. The summed E-state index contributed by atoms with van der Waals surface area (Å²) in [4.78, 5) is 18.4. The number of amides is 1. The fraction of sp³-hybridized carbons (Fsp3) is 0.160. The lowest BCUT2D eigenvalue weighted by molar-refractivity contribution is -0.118. The van der Waals surface area contributed by atoms with Crippen LogP contribution in [0.1, 0.15) is 23.1 Å². The highest BCUT2D eigenvalue weighted by Crippen LogP contribution is 2.22. The van der Waals surface area contributed by atoms with Crippen LogP contribution in [-0.4, -0.2) is 10.9 Å². The highest BCUT2D eigenvalue weighted by Gasteiger charge is 2.17. The van der Waals surface area contributed by atoms with Gasteiger partial charge in [0, 0.05) is 29.2 Å². The van der Waals surface area contributed by atoms with Crippen molar-refractivity contribution in [3.63, 3.8) is 0 Å². The molecule has 1 heterocycles. The van der Waals surface area contributed by atoms with E-state index in [1.807, 2.05) is 53.6 Å². The third-order valence-electron chi connectivity index (χ3n) is 5.11. The number of hydrogen-bond acceptors (Lipinski definition) is 1. The van der Waals surface area contributed by atoms with Gasteiger partial charge >= 0.3 is 0 Å². The molecule has 4 rings (SSSR count). The molecular formula is C25H24N2O. The quantitative estimate of drug-likeness (QED) is 0.469. The van der Waals surface area contributed by atoms with Crippen molar-refractivity contribution in [2.24, 2.45) is 0 Å². The minimum absolute atomic E-state index is 0.137. The number of benzene rings is 3. The minimum atomic E-state index is 0.137. The molecule has 0 fully saturated rings. The average Bonchev–Trinajstić information content (AvgIpc) is 3.15. The second-order valence-corrected chi connectivity index (χ2v) is 7.16. The predicted molar refractivity (Wildman–Crippen MR) is 115 cm³/mol. The summed E-state index contributed by atoms with van der Waals surface area (Å²) in [5, 5.41) is 1.19. The molecule has 3 nitrogen and oxygen atoms in total. The van der Waals surface area contributed by atoms with Gasteiger partial charge in [-0.15, -0.1) is 0 Å². The SMILES string of the molecule is Cc1ccc(N(Cc2ccccc2)C(=O)CCc2c[nH]c3ccccc23)cc1. The second-order valence-electron chi connectivity index (χ2n) is 7.16. The Morgan fingerprint density at radius 3 is 2.39 bits per heavy atom. The Hall–Kier alpha value is -3.33. The van der Waals surface area contributed by atoms with Crippen molar-refractivity contribution in [2.75, 3.05) is 4.90 Å². The lowest BCUT2D eigenvalue weighted by Crippen LogP contribution is -2.30. The summed E-state index contributed by atoms with van der Waals surface area (Å²) in [6.07, 6.45) is 3.22. The van der Waals surface area contributed by atoms with Crippen LogP contribution in [0.2, 0.25) is 0 Å². The van der Waals surface area contributed by atoms with E-state index in [-0.39, 0.29) is 5.91 Å². The zero-order valence-corrected chi connectivity index (χ0v) is 16.1. The van der Waals surface area contributed by atoms with E-state index in [1.165, 1.54) is 16.5 Å². The van der Waals surface area contributed by atoms with Gasteiger partial charge in [-0.1, -0.05) is 66.2 Å². The molecule has 28 heavy (non-hydrogen) atoms. The van der Waals surface area contributed by atoms with E-state index < -0.39 is 0 Å². The van der Waals surface area contributed by atoms with Gasteiger partial charge in [-0.3, -0.25) is 4.79 Å². The molecule has 0 aliphatic carbocycles. The van der Waals surface area contributed by atoms with Crippen molar-refractivity contribution < 1.29 is 4.79 Å². The van der Waals surface area contributed by atoms with Crippen molar-refractivity contribution in [3.8, 4) is 0 Å². The normalized spacial score (nSPS) is 10.9. The highest BCUT2D eigenvalue weighted by molar-refractivity contribution is 5.94. The van der Waals surface area contributed by atoms with Crippen LogP contribution in [-0.2, 0) is 17.8 Å². The van der Waals surface area contributed by atoms with Crippen molar-refractivity contribution in [3.05, 3.63) is 102 Å². The number of rotatable bonds is 6. The van der Waals surface area contributed by atoms with Crippen LogP contribution < -0.4 is 4.90 Å². The molecule has 0 atom stereocenters. The van der Waals surface area contributed by atoms with Gasteiger partial charge in [0.25, 0.3) is 0 Å². The van der Waals surface area contributed by atoms with E-state index in [0.29, 0.717) is 13.0 Å². The maximum absolute atomic E-state index is 13.2. The standard InChI is InChI=1S/C25H24N2O/c1-19-11-14-22(15-12-19)27(18-20-7-3-2-4-8-20)25(28)16-13-21-17-26-24-10-6-5-9-23(21)24/h2-12,14-15,17,26H,13,16,18H2,1H3. The highest BCUT2D eigenvalue weighted by atomic mass is 16.2. The number of carbonyl (C=O) groups excluding carboxylic acids is 1. The first-order valence-corrected chi connectivity index (χ1v) is 9.66. The Morgan fingerprint density at radius 1 is 0.893 bits per heavy atom. The Balaban J connectivity index is 1.54. The molecule has 0 radical (unpaired) electrons. The first-order valence-electron chi connectivity index (χ1n) is 9.66. The van der Waals surface area contributed by atoms with Gasteiger partial charge < -0.3 is 9.88 Å². The Labute approximate surface area is 165 Å². The summed E-state index contributed by atoms with van der Waals surface area (Å²) < 4.78 is 0. The van der Waals surface area contributed by atoms with Crippen LogP contribution in [0.4, 0.5) is 5.69 Å². The predicted octanol–water partition coefficient (Wildman–Crippen LogP) is 5.64. The molecule has 3 heteroatoms. The molecular weight excluding hydrogens is 344 g/mol. The van der Waals surface area contributed by atoms with Gasteiger partial charge in [-0.25, -0.2) is 0 Å². The number of nitrogens with zero attached hydrogens (tertiary/aromatic N) is 1. The van der Waals surface area contributed by atoms with Crippen molar-refractivity contribution in [1.82, 2.24) is 4.98 Å². The molecule has 0 aliphatic heterocycles. The van der Waals surface area contributed by atoms with E-state index in [9.17, 15) is 4.79 Å². The first-order chi connectivity index (χ1) is 13.7. The zero-order valence-electron chi connectivity index (χ0n) is 16.1. The number of aromatic nitrogens is 1. The number of nitrogens with one attached hydrogen (secondary N) is 1. The van der Waals surface area contributed by atoms with Crippen molar-refractivity contribution >= 4 is 22.5 Å². The second kappa shape index (κ2) is 8.13. The topological polar surface area (TPSA) is 36.1 Å². The van der Waals surface area contributed by atoms with Crippen LogP contribution in [0.15, 0.2) is 85.1 Å². The van der Waals surface area contributed by atoms with Gasteiger partial charge in [0.05, 0.1) is 6.54 Å². The fourth-order valence-corrected chi connectivity index (χ4v) is 3.53. The molecule has 3 aromatic carbocycles. The van der Waals surface area contributed by atoms with E-state index in [4.69, 9.17) is 0 Å². The van der Waals surface area contributed by atoms with Crippen LogP contribution in [0.25, 0.3) is 10.9 Å². The van der Waals surface area contributed by atoms with Gasteiger partial charge in [-0.2, -0.15) is 0 Å². The third-order valence-corrected chi connectivity index (χ3v) is 5.11. The van der Waals surface area contributed by atoms with E-state index >= 15 is 0 Å². The molecule has 0 unspecified atom stereocenters. The summed E-state index contributed by atoms with van der Waals surface area (Å²) in [7, 11) is 0. The molecule has 1 aromatic heterocycles. The van der Waals surface area contributed by atoms with Gasteiger partial charge in [-0.05, 0) is 42.7 Å². The number of aryl methyl sites for hydroxylation is 2. The lowest BCUT2D eigenvalue weighted by atomic mass is 10.1. The number of carbonyl (C=O) groups is 1. The minimum Gasteiger partial charge on any atom is -0.361 e. The molecule has 1 N–H and O–H groups in total. The molecule has 0 bridgehead atoms. The number of hydrogen-bond donors (Lipinski definition) is 1. The monoisotopic (exact) mass is 368 g/mol. The molecule has 140 valence electrons. The molecule has 1 amide bonds. The van der Waals surface area contributed by atoms with Gasteiger partial charge in [0.1, 0.15) is 0 Å². The molecule has 0 saturated carbocycles. The molecule has 4 aromatic rings. The number of para-hydroxylation sites is 1. The van der Waals surface area contributed by atoms with Gasteiger partial charge in [0.2, 0.25) is 5.91 Å². The van der Waals surface area contributed by atoms with E-state index in [2.05, 4.69) is 48.3 Å². The maximum Gasteiger partial charge on any atom is 0.227 e. The summed E-state index contributed by atoms with van der Waals surface area (Å²) in [6.45, 7) is 2.64. The number of aromatic amines is 1. The Kier molecular flexibility index (Phi) is 5.24. The van der Waals surface area contributed by atoms with E-state index in [0.717, 1.165) is 23.2 Å². The maximum atomic E-state index is 13.2. The molecule has 0 aliphatic rings. The van der Waals surface area contributed by atoms with Crippen molar-refractivity contribution in [2.45, 2.75) is 26.3 Å².